The molecule has 0 atom stereocenters. The Labute approximate surface area is 71.1 Å². The Morgan fingerprint density at radius 3 is 2.27 bits per heavy atom. The van der Waals surface area contributed by atoms with E-state index < -0.39 is 0 Å². The molecule has 0 amide bonds. The van der Waals surface area contributed by atoms with Gasteiger partial charge in [0, 0.05) is 0 Å². The van der Waals surface area contributed by atoms with Crippen molar-refractivity contribution in [1.82, 2.24) is 0 Å². The van der Waals surface area contributed by atoms with Crippen LogP contribution in [0.3, 0.4) is 0 Å². The monoisotopic (exact) mass is 169 g/mol. The average molecular weight is 169 g/mol. The molecular weight excluding hydrogens is 158 g/mol. The Kier molecular flexibility index (Phi) is 2.79. The van der Waals surface area contributed by atoms with Gasteiger partial charge in [-0.05, 0) is 25.0 Å². The predicted molar refractivity (Wildman–Crippen MR) is 48.3 cm³/mol. The Hall–Kier alpha value is -0.670. The van der Waals surface area contributed by atoms with E-state index in [1.165, 1.54) is 0 Å². The number of rotatable bonds is 2. The second-order valence-electron chi connectivity index (χ2n) is 2.40. The molecule has 0 unspecified atom stereocenters. The molecule has 0 aliphatic carbocycles. The molecule has 0 radical (unpaired) electrons. The van der Waals surface area contributed by atoms with Gasteiger partial charge in [0.15, 0.2) is 0 Å². The summed E-state index contributed by atoms with van der Waals surface area (Å²) < 4.78 is 5.16. The van der Waals surface area contributed by atoms with E-state index in [2.05, 4.69) is 0 Å². The Morgan fingerprint density at radius 2 is 1.82 bits per heavy atom. The normalized spacial score (nSPS) is 9.73. The minimum absolute atomic E-state index is 0.875. The molecule has 0 fully saturated rings. The van der Waals surface area contributed by atoms with Crippen molar-refractivity contribution in [3.8, 4) is 5.75 Å². The fraction of sp³-hybridized carbons (Fsp3) is 0.250. The fourth-order valence-electron chi connectivity index (χ4n) is 0.979. The van der Waals surface area contributed by atoms with Gasteiger partial charge in [0.05, 0.1) is 0 Å². The van der Waals surface area contributed by atoms with Crippen molar-refractivity contribution in [1.29, 1.82) is 0 Å². The van der Waals surface area contributed by atoms with Crippen LogP contribution in [-0.2, 0) is 0 Å². The Morgan fingerprint density at radius 1 is 1.27 bits per heavy atom. The average Bonchev–Trinajstić information content (AvgIpc) is 1.97. The lowest BCUT2D eigenvalue weighted by atomic mass is 10.1. The highest BCUT2D eigenvalue weighted by molar-refractivity contribution is 7.92. The van der Waals surface area contributed by atoms with Crippen LogP contribution in [0.2, 0.25) is 0 Å². The van der Waals surface area contributed by atoms with Crippen LogP contribution in [0.25, 0.3) is 0 Å². The first kappa shape index (κ1) is 8.43. The van der Waals surface area contributed by atoms with E-state index in [1.54, 1.807) is 0 Å². The van der Waals surface area contributed by atoms with Crippen molar-refractivity contribution >= 4 is 12.2 Å². The maximum Gasteiger partial charge on any atom is 0.145 e. The molecule has 1 aromatic carbocycles. The summed E-state index contributed by atoms with van der Waals surface area (Å²) in [5, 5.41) is 5.19. The Bertz CT molecular complexity index is 230. The van der Waals surface area contributed by atoms with E-state index in [9.17, 15) is 0 Å². The summed E-state index contributed by atoms with van der Waals surface area (Å²) in [6.07, 6.45) is 0. The molecule has 0 saturated carbocycles. The molecule has 1 aromatic rings. The van der Waals surface area contributed by atoms with Gasteiger partial charge in [-0.3, -0.25) is 0 Å². The molecule has 11 heavy (non-hydrogen) atoms. The molecule has 3 heteroatoms. The number of benzene rings is 1. The van der Waals surface area contributed by atoms with Crippen LogP contribution in [0.5, 0.6) is 5.75 Å². The van der Waals surface area contributed by atoms with Crippen molar-refractivity contribution in [3.05, 3.63) is 29.3 Å². The molecule has 2 N–H and O–H groups in total. The standard InChI is InChI=1S/C8H11NOS/c1-6-4-3-5-7(2)8(6)10-11-9/h3-5H,9H2,1-2H3. The summed E-state index contributed by atoms with van der Waals surface area (Å²) in [7, 11) is 0. The van der Waals surface area contributed by atoms with E-state index in [0.29, 0.717) is 0 Å². The third kappa shape index (κ3) is 1.88. The van der Waals surface area contributed by atoms with Crippen LogP contribution < -0.4 is 9.32 Å². The van der Waals surface area contributed by atoms with Crippen LogP contribution in [0.1, 0.15) is 11.1 Å². The minimum atomic E-state index is 0.875. The smallest absolute Gasteiger partial charge is 0.145 e. The highest BCUT2D eigenvalue weighted by Crippen LogP contribution is 2.24. The molecule has 0 aliphatic rings. The maximum absolute atomic E-state index is 5.19. The molecule has 1 rings (SSSR count). The molecule has 0 aromatic heterocycles. The topological polar surface area (TPSA) is 35.2 Å². The quantitative estimate of drug-likeness (QED) is 0.544. The zero-order valence-electron chi connectivity index (χ0n) is 6.63. The molecule has 2 nitrogen and oxygen atoms in total. The summed E-state index contributed by atoms with van der Waals surface area (Å²) in [4.78, 5) is 0. The van der Waals surface area contributed by atoms with Crippen molar-refractivity contribution < 1.29 is 4.18 Å². The molecule has 0 aliphatic heterocycles. The maximum atomic E-state index is 5.19. The highest BCUT2D eigenvalue weighted by Gasteiger charge is 2.01. The van der Waals surface area contributed by atoms with Crippen LogP contribution in [0.15, 0.2) is 18.2 Å². The molecule has 0 spiro atoms. The SMILES string of the molecule is Cc1cccc(C)c1OSN. The van der Waals surface area contributed by atoms with Gasteiger partial charge in [0.1, 0.15) is 18.0 Å². The van der Waals surface area contributed by atoms with Gasteiger partial charge < -0.3 is 4.18 Å². The zero-order chi connectivity index (χ0) is 8.27. The van der Waals surface area contributed by atoms with E-state index in [1.807, 2.05) is 32.0 Å². The van der Waals surface area contributed by atoms with Crippen LogP contribution in [0, 0.1) is 13.8 Å². The van der Waals surface area contributed by atoms with Crippen molar-refractivity contribution in [3.63, 3.8) is 0 Å². The lowest BCUT2D eigenvalue weighted by Gasteiger charge is -2.06. The second kappa shape index (κ2) is 3.64. The Balaban J connectivity index is 3.00. The van der Waals surface area contributed by atoms with Crippen molar-refractivity contribution in [2.24, 2.45) is 5.14 Å². The summed E-state index contributed by atoms with van der Waals surface area (Å²) in [6, 6.07) is 6.00. The van der Waals surface area contributed by atoms with E-state index in [-0.39, 0.29) is 0 Å². The third-order valence-electron chi connectivity index (χ3n) is 1.54. The van der Waals surface area contributed by atoms with Crippen LogP contribution in [0.4, 0.5) is 0 Å². The lowest BCUT2D eigenvalue weighted by molar-refractivity contribution is 0.634. The molecule has 0 saturated heterocycles. The van der Waals surface area contributed by atoms with Crippen molar-refractivity contribution in [2.75, 3.05) is 0 Å². The highest BCUT2D eigenvalue weighted by atomic mass is 32.2. The summed E-state index contributed by atoms with van der Waals surface area (Å²) >= 11 is 0.883. The van der Waals surface area contributed by atoms with Gasteiger partial charge in [-0.25, -0.2) is 5.14 Å². The third-order valence-corrected chi connectivity index (χ3v) is 1.80. The zero-order valence-corrected chi connectivity index (χ0v) is 7.44. The first-order chi connectivity index (χ1) is 5.25. The molecular formula is C8H11NOS. The van der Waals surface area contributed by atoms with Gasteiger partial charge in [0.2, 0.25) is 0 Å². The van der Waals surface area contributed by atoms with Crippen LogP contribution >= 0.6 is 12.2 Å². The van der Waals surface area contributed by atoms with Crippen molar-refractivity contribution in [2.45, 2.75) is 13.8 Å². The molecule has 0 heterocycles. The van der Waals surface area contributed by atoms with Gasteiger partial charge in [-0.1, -0.05) is 18.2 Å². The number of hydrogen-bond acceptors (Lipinski definition) is 3. The largest absolute Gasteiger partial charge is 0.409 e. The van der Waals surface area contributed by atoms with Gasteiger partial charge >= 0.3 is 0 Å². The number of hydrogen-bond donors (Lipinski definition) is 1. The van der Waals surface area contributed by atoms with Gasteiger partial charge in [-0.15, -0.1) is 0 Å². The summed E-state index contributed by atoms with van der Waals surface area (Å²) in [5.74, 6) is 0.875. The van der Waals surface area contributed by atoms with E-state index in [0.717, 1.165) is 29.1 Å². The van der Waals surface area contributed by atoms with Gasteiger partial charge in [-0.2, -0.15) is 0 Å². The molecule has 0 bridgehead atoms. The number of aryl methyl sites for hydroxylation is 2. The summed E-state index contributed by atoms with van der Waals surface area (Å²) in [5.41, 5.74) is 2.23. The molecule has 60 valence electrons. The second-order valence-corrected chi connectivity index (χ2v) is 2.76. The lowest BCUT2D eigenvalue weighted by Crippen LogP contribution is -1.92. The van der Waals surface area contributed by atoms with Crippen LogP contribution in [-0.4, -0.2) is 0 Å². The first-order valence-corrected chi connectivity index (χ1v) is 4.16. The number of para-hydroxylation sites is 1. The van der Waals surface area contributed by atoms with E-state index >= 15 is 0 Å². The first-order valence-electron chi connectivity index (χ1n) is 3.35. The van der Waals surface area contributed by atoms with E-state index in [4.69, 9.17) is 9.32 Å². The number of nitrogens with two attached hydrogens (primary N) is 1. The predicted octanol–water partition coefficient (Wildman–Crippen LogP) is 2.20. The summed E-state index contributed by atoms with van der Waals surface area (Å²) in [6.45, 7) is 4.00. The fourth-order valence-corrected chi connectivity index (χ4v) is 1.34. The van der Waals surface area contributed by atoms with Gasteiger partial charge in [0.25, 0.3) is 0 Å². The minimum Gasteiger partial charge on any atom is -0.409 e.